The minimum absolute atomic E-state index is 0.244. The number of hydrogen-bond acceptors (Lipinski definition) is 7. The molecule has 1 aliphatic heterocycles. The predicted octanol–water partition coefficient (Wildman–Crippen LogP) is 0.507. The normalized spacial score (nSPS) is 18.6. The van der Waals surface area contributed by atoms with Crippen LogP contribution in [0.1, 0.15) is 25.6 Å². The molecule has 0 spiro atoms. The molecule has 2 rings (SSSR count). The molecule has 0 aliphatic carbocycles. The lowest BCUT2D eigenvalue weighted by molar-refractivity contribution is 0.128. The van der Waals surface area contributed by atoms with E-state index in [0.717, 1.165) is 31.7 Å². The number of nitrogens with two attached hydrogens (primary N) is 1. The van der Waals surface area contributed by atoms with Crippen molar-refractivity contribution >= 4 is 11.6 Å². The van der Waals surface area contributed by atoms with E-state index in [9.17, 15) is 0 Å². The maximum absolute atomic E-state index is 9.02. The fraction of sp³-hybridized carbons (Fsp3) is 0.692. The average Bonchev–Trinajstić information content (AvgIpc) is 2.94. The first kappa shape index (κ1) is 15.0. The van der Waals surface area contributed by atoms with Crippen LogP contribution in [0, 0.1) is 5.92 Å². The van der Waals surface area contributed by atoms with Crippen LogP contribution in [-0.2, 0) is 11.3 Å². The minimum atomic E-state index is 0.244. The summed E-state index contributed by atoms with van der Waals surface area (Å²) in [7, 11) is 0. The van der Waals surface area contributed by atoms with Crippen molar-refractivity contribution in [3.8, 4) is 0 Å². The van der Waals surface area contributed by atoms with E-state index in [1.165, 1.54) is 0 Å². The summed E-state index contributed by atoms with van der Waals surface area (Å²) in [4.78, 5) is 11.0. The molecule has 7 heteroatoms. The second kappa shape index (κ2) is 7.37. The molecular weight excluding hydrogens is 258 g/mol. The monoisotopic (exact) mass is 281 g/mol. The Balaban J connectivity index is 2.10. The summed E-state index contributed by atoms with van der Waals surface area (Å²) in [6.45, 7) is 5.04. The number of ether oxygens (including phenoxy) is 1. The quantitative estimate of drug-likeness (QED) is 0.495. The average molecular weight is 281 g/mol. The van der Waals surface area contributed by atoms with Crippen LogP contribution in [0.15, 0.2) is 6.07 Å². The molecule has 2 heterocycles. The Kier molecular flexibility index (Phi) is 5.51. The molecule has 1 atom stereocenters. The van der Waals surface area contributed by atoms with Gasteiger partial charge in [-0.15, -0.1) is 0 Å². The van der Waals surface area contributed by atoms with Crippen LogP contribution in [0.25, 0.3) is 0 Å². The molecule has 1 saturated heterocycles. The van der Waals surface area contributed by atoms with Crippen molar-refractivity contribution in [3.63, 3.8) is 0 Å². The topological polar surface area (TPSA) is 96.5 Å². The number of rotatable bonds is 7. The highest BCUT2D eigenvalue weighted by Crippen LogP contribution is 2.25. The Hall–Kier alpha value is -1.44. The van der Waals surface area contributed by atoms with Gasteiger partial charge in [0.2, 0.25) is 0 Å². The van der Waals surface area contributed by atoms with Crippen LogP contribution < -0.4 is 16.2 Å². The lowest BCUT2D eigenvalue weighted by Crippen LogP contribution is -2.23. The Morgan fingerprint density at radius 2 is 2.40 bits per heavy atom. The molecule has 1 aromatic rings. The third kappa shape index (κ3) is 3.78. The smallest absolute Gasteiger partial charge is 0.158 e. The van der Waals surface area contributed by atoms with Crippen molar-refractivity contribution in [2.75, 3.05) is 36.6 Å². The fourth-order valence-corrected chi connectivity index (χ4v) is 2.44. The highest BCUT2D eigenvalue weighted by atomic mass is 16.5. The van der Waals surface area contributed by atoms with E-state index >= 15 is 0 Å². The fourth-order valence-electron chi connectivity index (χ4n) is 2.44. The van der Waals surface area contributed by atoms with Gasteiger partial charge in [0.05, 0.1) is 0 Å². The van der Waals surface area contributed by atoms with Crippen LogP contribution in [0.4, 0.5) is 11.6 Å². The van der Waals surface area contributed by atoms with Crippen molar-refractivity contribution in [1.29, 1.82) is 0 Å². The lowest BCUT2D eigenvalue weighted by atomic mass is 10.1. The second-order valence-electron chi connectivity index (χ2n) is 4.92. The molecular formula is C13H23N5O2. The van der Waals surface area contributed by atoms with Gasteiger partial charge in [-0.2, -0.15) is 0 Å². The summed E-state index contributed by atoms with van der Waals surface area (Å²) in [5, 5.41) is 9.02. The molecule has 20 heavy (non-hydrogen) atoms. The molecule has 0 amide bonds. The zero-order valence-electron chi connectivity index (χ0n) is 11.9. The predicted molar refractivity (Wildman–Crippen MR) is 77.2 cm³/mol. The molecule has 1 aliphatic rings. The second-order valence-corrected chi connectivity index (χ2v) is 4.92. The van der Waals surface area contributed by atoms with Crippen LogP contribution in [0.3, 0.4) is 0 Å². The largest absolute Gasteiger partial charge is 0.396 e. The van der Waals surface area contributed by atoms with E-state index < -0.39 is 0 Å². The molecule has 7 nitrogen and oxygen atoms in total. The molecule has 0 saturated carbocycles. The van der Waals surface area contributed by atoms with Gasteiger partial charge in [0.25, 0.3) is 0 Å². The molecule has 0 bridgehead atoms. The molecule has 1 aromatic heterocycles. The molecule has 0 radical (unpaired) electrons. The Morgan fingerprint density at radius 1 is 1.55 bits per heavy atom. The van der Waals surface area contributed by atoms with E-state index in [4.69, 9.17) is 15.7 Å². The van der Waals surface area contributed by atoms with Crippen molar-refractivity contribution < 1.29 is 9.84 Å². The number of anilines is 2. The van der Waals surface area contributed by atoms with Crippen molar-refractivity contribution in [1.82, 2.24) is 9.97 Å². The Bertz CT molecular complexity index is 429. The van der Waals surface area contributed by atoms with Crippen molar-refractivity contribution in [2.24, 2.45) is 11.8 Å². The Morgan fingerprint density at radius 3 is 3.10 bits per heavy atom. The third-order valence-electron chi connectivity index (χ3n) is 3.49. The van der Waals surface area contributed by atoms with E-state index in [0.29, 0.717) is 30.8 Å². The molecule has 1 fully saturated rings. The number of hydrogen-bond donors (Lipinski definition) is 3. The molecule has 112 valence electrons. The van der Waals surface area contributed by atoms with Gasteiger partial charge in [0.15, 0.2) is 5.82 Å². The van der Waals surface area contributed by atoms with E-state index in [1.54, 1.807) is 0 Å². The maximum Gasteiger partial charge on any atom is 0.158 e. The highest BCUT2D eigenvalue weighted by molar-refractivity contribution is 5.49. The van der Waals surface area contributed by atoms with Gasteiger partial charge < -0.3 is 20.2 Å². The zero-order chi connectivity index (χ0) is 14.4. The Labute approximate surface area is 119 Å². The number of hydrazine groups is 1. The van der Waals surface area contributed by atoms with Gasteiger partial charge in [-0.25, -0.2) is 15.8 Å². The summed E-state index contributed by atoms with van der Waals surface area (Å²) in [5.41, 5.74) is 2.57. The summed E-state index contributed by atoms with van der Waals surface area (Å²) in [6.07, 6.45) is 1.92. The zero-order valence-corrected chi connectivity index (χ0v) is 11.9. The maximum atomic E-state index is 9.02. The molecule has 0 aromatic carbocycles. The molecule has 1 unspecified atom stereocenters. The van der Waals surface area contributed by atoms with Crippen LogP contribution >= 0.6 is 0 Å². The van der Waals surface area contributed by atoms with Crippen molar-refractivity contribution in [3.05, 3.63) is 11.9 Å². The van der Waals surface area contributed by atoms with Gasteiger partial charge in [-0.3, -0.25) is 0 Å². The van der Waals surface area contributed by atoms with Gasteiger partial charge in [0.1, 0.15) is 18.2 Å². The first-order valence-corrected chi connectivity index (χ1v) is 7.05. The standard InChI is InChI=1S/C13H23N5O2/c1-2-20-9-12-15-11(17-14)7-13(16-12)18-5-3-10(8-18)4-6-19/h7,10,19H,2-6,8-9,14H2,1H3,(H,15,16,17). The van der Waals surface area contributed by atoms with E-state index in [2.05, 4.69) is 20.3 Å². The lowest BCUT2D eigenvalue weighted by Gasteiger charge is -2.19. The van der Waals surface area contributed by atoms with Gasteiger partial charge in [-0.1, -0.05) is 0 Å². The first-order chi connectivity index (χ1) is 9.76. The molecule has 4 N–H and O–H groups in total. The number of aliphatic hydroxyl groups excluding tert-OH is 1. The van der Waals surface area contributed by atoms with E-state index in [-0.39, 0.29) is 6.61 Å². The van der Waals surface area contributed by atoms with Crippen LogP contribution in [-0.4, -0.2) is 41.4 Å². The van der Waals surface area contributed by atoms with Crippen molar-refractivity contribution in [2.45, 2.75) is 26.4 Å². The van der Waals surface area contributed by atoms with Crippen LogP contribution in [0.2, 0.25) is 0 Å². The first-order valence-electron chi connectivity index (χ1n) is 7.05. The summed E-state index contributed by atoms with van der Waals surface area (Å²) < 4.78 is 5.35. The number of nitrogens with one attached hydrogen (secondary N) is 1. The number of nitrogens with zero attached hydrogens (tertiary/aromatic N) is 3. The summed E-state index contributed by atoms with van der Waals surface area (Å²) in [6, 6.07) is 1.84. The number of nitrogen functional groups attached to an aromatic ring is 1. The van der Waals surface area contributed by atoms with Gasteiger partial charge in [-0.05, 0) is 25.7 Å². The van der Waals surface area contributed by atoms with Gasteiger partial charge >= 0.3 is 0 Å². The van der Waals surface area contributed by atoms with Gasteiger partial charge in [0, 0.05) is 32.4 Å². The highest BCUT2D eigenvalue weighted by Gasteiger charge is 2.23. The SMILES string of the molecule is CCOCc1nc(NN)cc(N2CCC(CCO)C2)n1. The van der Waals surface area contributed by atoms with Crippen LogP contribution in [0.5, 0.6) is 0 Å². The summed E-state index contributed by atoms with van der Waals surface area (Å²) >= 11 is 0. The third-order valence-corrected chi connectivity index (χ3v) is 3.49. The minimum Gasteiger partial charge on any atom is -0.396 e. The number of aliphatic hydroxyl groups is 1. The number of aromatic nitrogens is 2. The summed E-state index contributed by atoms with van der Waals surface area (Å²) in [5.74, 6) is 8.07. The van der Waals surface area contributed by atoms with E-state index in [1.807, 2.05) is 13.0 Å².